The van der Waals surface area contributed by atoms with Crippen LogP contribution in [0.3, 0.4) is 0 Å². The molecule has 60 heavy (non-hydrogen) atoms. The third-order valence-electron chi connectivity index (χ3n) is 13.9. The van der Waals surface area contributed by atoms with Crippen LogP contribution in [-0.2, 0) is 35.1 Å². The van der Waals surface area contributed by atoms with Gasteiger partial charge in [-0.05, 0) is 120 Å². The predicted molar refractivity (Wildman–Crippen MR) is 205 cm³/mol. The van der Waals surface area contributed by atoms with Gasteiger partial charge in [0.2, 0.25) is 0 Å². The van der Waals surface area contributed by atoms with E-state index in [0.717, 1.165) is 12.8 Å². The summed E-state index contributed by atoms with van der Waals surface area (Å²) in [4.78, 5) is 0. The Hall–Kier alpha value is 0.202. The number of ether oxygens (including phenoxy) is 1. The van der Waals surface area contributed by atoms with Gasteiger partial charge in [-0.3, -0.25) is 0 Å². The fourth-order valence-electron chi connectivity index (χ4n) is 10.6. The second-order valence-corrected chi connectivity index (χ2v) is 22.7. The van der Waals surface area contributed by atoms with E-state index in [1.54, 1.807) is 7.11 Å². The van der Waals surface area contributed by atoms with E-state index in [-0.39, 0.29) is 142 Å². The molecule has 0 aromatic carbocycles. The molecule has 326 valence electrons. The predicted octanol–water partition coefficient (Wildman–Crippen LogP) is -5.02. The van der Waals surface area contributed by atoms with Crippen molar-refractivity contribution >= 4 is 30.4 Å². The molecule has 16 unspecified atom stereocenters. The largest absolute Gasteiger partial charge is 1.00 e. The molecule has 24 heteroatoms. The number of hydrogen-bond acceptors (Lipinski definition) is 18. The first-order valence-electron chi connectivity index (χ1n) is 20.9. The van der Waals surface area contributed by atoms with Crippen LogP contribution >= 0.6 is 0 Å². The van der Waals surface area contributed by atoms with Gasteiger partial charge in [-0.2, -0.15) is 30.7 Å². The van der Waals surface area contributed by atoms with E-state index < -0.39 is 58.3 Å². The zero-order chi connectivity index (χ0) is 41.1. The Kier molecular flexibility index (Phi) is 21.4. The second-order valence-electron chi connectivity index (χ2n) is 17.8. The van der Waals surface area contributed by atoms with E-state index in [2.05, 4.69) is 32.7 Å². The average Bonchev–Trinajstić information content (AvgIpc) is 3.16. The van der Waals surface area contributed by atoms with Crippen molar-refractivity contribution < 1.29 is 105 Å². The number of aliphatic hydroxyl groups excluding tert-OH is 1. The Balaban J connectivity index is 0.00000320. The monoisotopic (exact) mass is 883 g/mol. The van der Waals surface area contributed by atoms with Crippen LogP contribution < -0.4 is 61.9 Å². The Morgan fingerprint density at radius 3 is 1.73 bits per heavy atom. The first-order valence-corrected chi connectivity index (χ1v) is 25.3. The fraction of sp³-hybridized carbons (Fsp3) is 1.00. The first-order chi connectivity index (χ1) is 26.9. The minimum absolute atomic E-state index is 0. The summed E-state index contributed by atoms with van der Waals surface area (Å²) in [5.74, 6) is -0.378. The summed E-state index contributed by atoms with van der Waals surface area (Å²) >= 11 is 0. The molecule has 0 radical (unpaired) electrons. The second kappa shape index (κ2) is 23.6. The molecule has 6 aliphatic rings. The molecule has 0 heterocycles. The summed E-state index contributed by atoms with van der Waals surface area (Å²) in [5, 5.41) is 39.3. The van der Waals surface area contributed by atoms with Crippen LogP contribution in [0.2, 0.25) is 0 Å². The number of aliphatic hydroxyl groups is 1. The van der Waals surface area contributed by atoms with Crippen LogP contribution in [0.25, 0.3) is 0 Å². The smallest absolute Gasteiger partial charge is 0.748 e. The molecule has 0 saturated heterocycles. The van der Waals surface area contributed by atoms with Gasteiger partial charge in [-0.1, -0.05) is 19.8 Å². The quantitative estimate of drug-likeness (QED) is 0.106. The SMILES string of the molecule is COC1CC(N=NC2CCCC(S(=O)(=O)[O-])C2)CCC1N=NC1CCC(N=NC2C(O)C3CC(NC4CCCC(S(=O)(=O)[O-])C4)CCC3CC2S(=O)(=O)[O-])CC1C.[Li+].[Li+].[Li+]. The van der Waals surface area contributed by atoms with Crippen molar-refractivity contribution in [2.24, 2.45) is 48.4 Å². The van der Waals surface area contributed by atoms with Gasteiger partial charge in [0.05, 0.1) is 88.5 Å². The van der Waals surface area contributed by atoms with Gasteiger partial charge in [0, 0.05) is 19.2 Å². The number of nitrogens with zero attached hydrogens (tertiary/aromatic N) is 6. The number of rotatable bonds is 12. The molecular weight excluding hydrogens is 823 g/mol. The summed E-state index contributed by atoms with van der Waals surface area (Å²) in [7, 11) is -11.9. The normalized spacial score (nSPS) is 40.9. The number of fused-ring (bicyclic) bond motifs is 1. The van der Waals surface area contributed by atoms with E-state index >= 15 is 0 Å². The van der Waals surface area contributed by atoms with Crippen LogP contribution in [0.1, 0.15) is 122 Å². The van der Waals surface area contributed by atoms with Crippen LogP contribution in [0.4, 0.5) is 0 Å². The summed E-state index contributed by atoms with van der Waals surface area (Å²) in [6.07, 6.45) is 8.45. The standard InChI is InChI=1S/C36H63N7O11S3.3Li/c1-21-15-26(11-13-31(21)41-42-32-14-12-27(20-33(32)54-2)39-38-25-6-4-8-29(18-25)56(48,49)50)40-43-35-34(57(51,52)53)16-22-9-10-24(19-30(22)36(35)44)37-23-5-3-7-28(17-23)55(45,46)47;;;/h21-37,44H,3-20H2,1-2H3,(H,45,46,47)(H,48,49,50)(H,51,52,53);;;/q;3*+1/p-3. The van der Waals surface area contributed by atoms with Crippen LogP contribution in [-0.4, -0.2) is 127 Å². The summed E-state index contributed by atoms with van der Waals surface area (Å²) in [5.41, 5.74) is 0. The average molecular weight is 884 g/mol. The Morgan fingerprint density at radius 2 is 1.12 bits per heavy atom. The molecule has 0 aromatic heterocycles. The van der Waals surface area contributed by atoms with E-state index in [4.69, 9.17) is 15.0 Å². The molecule has 2 N–H and O–H groups in total. The van der Waals surface area contributed by atoms with Gasteiger partial charge in [0.1, 0.15) is 6.04 Å². The maximum absolute atomic E-state index is 12.5. The molecule has 18 nitrogen and oxygen atoms in total. The van der Waals surface area contributed by atoms with Crippen LogP contribution in [0, 0.1) is 17.8 Å². The van der Waals surface area contributed by atoms with E-state index in [0.29, 0.717) is 83.5 Å². The fourth-order valence-corrected chi connectivity index (χ4v) is 13.5. The summed E-state index contributed by atoms with van der Waals surface area (Å²) in [6.45, 7) is 2.06. The van der Waals surface area contributed by atoms with Gasteiger partial charge >= 0.3 is 56.6 Å². The van der Waals surface area contributed by atoms with Crippen LogP contribution in [0.5, 0.6) is 0 Å². The molecule has 0 amide bonds. The van der Waals surface area contributed by atoms with Crippen molar-refractivity contribution in [2.45, 2.75) is 199 Å². The Morgan fingerprint density at radius 1 is 0.567 bits per heavy atom. The van der Waals surface area contributed by atoms with Gasteiger partial charge in [-0.15, -0.1) is 0 Å². The molecule has 0 bridgehead atoms. The maximum atomic E-state index is 12.5. The summed E-state index contributed by atoms with van der Waals surface area (Å²) < 4.78 is 113. The number of azo groups is 3. The molecule has 6 saturated carbocycles. The minimum atomic E-state index is -4.78. The van der Waals surface area contributed by atoms with Gasteiger partial charge in [0.25, 0.3) is 0 Å². The molecule has 6 fully saturated rings. The van der Waals surface area contributed by atoms with E-state index in [9.17, 15) is 44.0 Å². The van der Waals surface area contributed by atoms with Crippen molar-refractivity contribution in [1.29, 1.82) is 0 Å². The van der Waals surface area contributed by atoms with Crippen molar-refractivity contribution in [3.8, 4) is 0 Å². The summed E-state index contributed by atoms with van der Waals surface area (Å²) in [6, 6.07) is -2.15. The zero-order valence-corrected chi connectivity index (χ0v) is 38.4. The van der Waals surface area contributed by atoms with Crippen molar-refractivity contribution in [3.05, 3.63) is 0 Å². The Bertz CT molecular complexity index is 1800. The van der Waals surface area contributed by atoms with Crippen molar-refractivity contribution in [2.75, 3.05) is 7.11 Å². The third-order valence-corrected chi connectivity index (χ3v) is 17.6. The Labute approximate surface area is 392 Å². The third kappa shape index (κ3) is 14.6. The molecule has 0 aromatic rings. The van der Waals surface area contributed by atoms with Crippen molar-refractivity contribution in [3.63, 3.8) is 0 Å². The zero-order valence-electron chi connectivity index (χ0n) is 35.9. The molecule has 0 spiro atoms. The minimum Gasteiger partial charge on any atom is -0.748 e. The molecular formula is C36H60Li3N7O11S3. The van der Waals surface area contributed by atoms with Crippen LogP contribution in [0.15, 0.2) is 30.7 Å². The van der Waals surface area contributed by atoms with E-state index in [1.807, 2.05) is 0 Å². The number of methoxy groups -OCH3 is 1. The van der Waals surface area contributed by atoms with Gasteiger partial charge in [-0.25, -0.2) is 25.3 Å². The number of hydrogen-bond donors (Lipinski definition) is 2. The van der Waals surface area contributed by atoms with Gasteiger partial charge in [0.15, 0.2) is 0 Å². The van der Waals surface area contributed by atoms with E-state index in [1.165, 1.54) is 0 Å². The first kappa shape index (κ1) is 54.5. The molecule has 6 aliphatic carbocycles. The number of nitrogens with one attached hydrogen (secondary N) is 1. The van der Waals surface area contributed by atoms with Gasteiger partial charge < -0.3 is 28.8 Å². The van der Waals surface area contributed by atoms with Crippen molar-refractivity contribution in [1.82, 2.24) is 5.32 Å². The molecule has 16 atom stereocenters. The topological polar surface area (TPSA) is 287 Å². The maximum Gasteiger partial charge on any atom is 1.00 e. The molecule has 0 aliphatic heterocycles. The molecule has 6 rings (SSSR count).